The standard InChI is InChI=1S/C13H24O/c1-12(2,3)10-7-9(8-10)11(14)13(4,5)6/h9-10H,7-8H2,1-6H3. The fourth-order valence-corrected chi connectivity index (χ4v) is 2.15. The fraction of sp³-hybridized carbons (Fsp3) is 0.923. The Labute approximate surface area is 88.3 Å². The van der Waals surface area contributed by atoms with Crippen molar-refractivity contribution in [3.63, 3.8) is 0 Å². The van der Waals surface area contributed by atoms with Crippen LogP contribution < -0.4 is 0 Å². The Kier molecular flexibility index (Phi) is 2.82. The van der Waals surface area contributed by atoms with Crippen molar-refractivity contribution in [2.24, 2.45) is 22.7 Å². The van der Waals surface area contributed by atoms with Crippen LogP contribution in [-0.4, -0.2) is 5.78 Å². The molecule has 0 atom stereocenters. The van der Waals surface area contributed by atoms with Crippen LogP contribution in [0.1, 0.15) is 54.4 Å². The lowest BCUT2D eigenvalue weighted by atomic mass is 9.59. The third kappa shape index (κ3) is 2.37. The van der Waals surface area contributed by atoms with Crippen molar-refractivity contribution in [1.29, 1.82) is 0 Å². The van der Waals surface area contributed by atoms with Crippen molar-refractivity contribution in [3.8, 4) is 0 Å². The Balaban J connectivity index is 2.47. The number of Topliss-reactive ketones (excluding diaryl/α,β-unsaturated/α-hetero) is 1. The molecule has 0 aliphatic heterocycles. The van der Waals surface area contributed by atoms with Crippen LogP contribution in [0.15, 0.2) is 0 Å². The summed E-state index contributed by atoms with van der Waals surface area (Å²) in [7, 11) is 0. The van der Waals surface area contributed by atoms with Crippen LogP contribution in [0.3, 0.4) is 0 Å². The first-order chi connectivity index (χ1) is 6.12. The molecule has 1 saturated carbocycles. The van der Waals surface area contributed by atoms with Gasteiger partial charge in [0.25, 0.3) is 0 Å². The van der Waals surface area contributed by atoms with Crippen molar-refractivity contribution in [3.05, 3.63) is 0 Å². The Morgan fingerprint density at radius 1 is 1.00 bits per heavy atom. The highest BCUT2D eigenvalue weighted by Gasteiger charge is 2.43. The van der Waals surface area contributed by atoms with Crippen LogP contribution in [-0.2, 0) is 4.79 Å². The molecule has 0 radical (unpaired) electrons. The lowest BCUT2D eigenvalue weighted by Crippen LogP contribution is -2.41. The van der Waals surface area contributed by atoms with Gasteiger partial charge in [-0.1, -0.05) is 41.5 Å². The molecule has 1 aliphatic rings. The maximum atomic E-state index is 11.9. The molecule has 1 nitrogen and oxygen atoms in total. The highest BCUT2D eigenvalue weighted by atomic mass is 16.1. The number of rotatable bonds is 1. The largest absolute Gasteiger partial charge is 0.299 e. The molecule has 0 bridgehead atoms. The summed E-state index contributed by atoms with van der Waals surface area (Å²) in [5, 5.41) is 0. The zero-order valence-corrected chi connectivity index (χ0v) is 10.5. The second-order valence-electron chi connectivity index (χ2n) is 6.85. The summed E-state index contributed by atoms with van der Waals surface area (Å²) in [4.78, 5) is 11.9. The zero-order valence-electron chi connectivity index (χ0n) is 10.5. The van der Waals surface area contributed by atoms with Gasteiger partial charge < -0.3 is 0 Å². The quantitative estimate of drug-likeness (QED) is 0.625. The highest BCUT2D eigenvalue weighted by molar-refractivity contribution is 5.86. The summed E-state index contributed by atoms with van der Waals surface area (Å²) in [5.74, 6) is 1.55. The molecular formula is C13H24O. The van der Waals surface area contributed by atoms with E-state index in [0.29, 0.717) is 17.1 Å². The molecule has 0 spiro atoms. The van der Waals surface area contributed by atoms with E-state index in [1.54, 1.807) is 0 Å². The molecule has 1 fully saturated rings. The van der Waals surface area contributed by atoms with E-state index in [0.717, 1.165) is 18.8 Å². The topological polar surface area (TPSA) is 17.1 Å². The van der Waals surface area contributed by atoms with Gasteiger partial charge in [0.1, 0.15) is 5.78 Å². The second-order valence-corrected chi connectivity index (χ2v) is 6.85. The molecule has 0 aromatic carbocycles. The lowest BCUT2D eigenvalue weighted by Gasteiger charge is -2.44. The maximum absolute atomic E-state index is 11.9. The van der Waals surface area contributed by atoms with Gasteiger partial charge in [-0.05, 0) is 24.2 Å². The predicted octanol–water partition coefficient (Wildman–Crippen LogP) is 3.67. The van der Waals surface area contributed by atoms with Gasteiger partial charge in [0.05, 0.1) is 0 Å². The molecule has 1 rings (SSSR count). The minimum absolute atomic E-state index is 0.145. The first-order valence-electron chi connectivity index (χ1n) is 5.66. The highest BCUT2D eigenvalue weighted by Crippen LogP contribution is 2.47. The summed E-state index contributed by atoms with van der Waals surface area (Å²) >= 11 is 0. The SMILES string of the molecule is CC(C)(C)C(=O)C1CC(C(C)(C)C)C1. The molecule has 0 saturated heterocycles. The molecule has 0 aromatic heterocycles. The monoisotopic (exact) mass is 196 g/mol. The lowest BCUT2D eigenvalue weighted by molar-refractivity contribution is -0.136. The van der Waals surface area contributed by atoms with E-state index in [1.807, 2.05) is 20.8 Å². The van der Waals surface area contributed by atoms with Crippen molar-refractivity contribution in [1.82, 2.24) is 0 Å². The Hall–Kier alpha value is -0.330. The number of hydrogen-bond donors (Lipinski definition) is 0. The molecule has 0 unspecified atom stereocenters. The van der Waals surface area contributed by atoms with E-state index in [4.69, 9.17) is 0 Å². The van der Waals surface area contributed by atoms with Gasteiger partial charge in [0, 0.05) is 11.3 Å². The summed E-state index contributed by atoms with van der Waals surface area (Å²) in [5.41, 5.74) is 0.238. The number of hydrogen-bond acceptors (Lipinski definition) is 1. The second kappa shape index (κ2) is 3.36. The molecular weight excluding hydrogens is 172 g/mol. The van der Waals surface area contributed by atoms with Crippen LogP contribution in [0.2, 0.25) is 0 Å². The Bertz CT molecular complexity index is 221. The smallest absolute Gasteiger partial charge is 0.141 e. The van der Waals surface area contributed by atoms with Gasteiger partial charge in [-0.2, -0.15) is 0 Å². The van der Waals surface area contributed by atoms with Crippen molar-refractivity contribution >= 4 is 5.78 Å². The minimum Gasteiger partial charge on any atom is -0.299 e. The fourth-order valence-electron chi connectivity index (χ4n) is 2.15. The van der Waals surface area contributed by atoms with E-state index in [1.165, 1.54) is 0 Å². The van der Waals surface area contributed by atoms with E-state index in [9.17, 15) is 4.79 Å². The van der Waals surface area contributed by atoms with Crippen molar-refractivity contribution in [2.45, 2.75) is 54.4 Å². The van der Waals surface area contributed by atoms with Gasteiger partial charge in [-0.3, -0.25) is 4.79 Å². The number of ketones is 1. The van der Waals surface area contributed by atoms with Crippen LogP contribution in [0.5, 0.6) is 0 Å². The van der Waals surface area contributed by atoms with E-state index < -0.39 is 0 Å². The number of carbonyl (C=O) groups is 1. The molecule has 82 valence electrons. The van der Waals surface area contributed by atoms with Crippen LogP contribution in [0, 0.1) is 22.7 Å². The Morgan fingerprint density at radius 2 is 1.43 bits per heavy atom. The minimum atomic E-state index is -0.145. The van der Waals surface area contributed by atoms with E-state index in [-0.39, 0.29) is 5.41 Å². The summed E-state index contributed by atoms with van der Waals surface area (Å²) in [6.45, 7) is 12.9. The predicted molar refractivity (Wildman–Crippen MR) is 60.1 cm³/mol. The molecule has 1 aliphatic carbocycles. The first-order valence-corrected chi connectivity index (χ1v) is 5.66. The van der Waals surface area contributed by atoms with Gasteiger partial charge in [0.15, 0.2) is 0 Å². The molecule has 0 heterocycles. The normalized spacial score (nSPS) is 28.4. The first kappa shape index (κ1) is 11.7. The van der Waals surface area contributed by atoms with Gasteiger partial charge >= 0.3 is 0 Å². The van der Waals surface area contributed by atoms with E-state index in [2.05, 4.69) is 20.8 Å². The molecule has 14 heavy (non-hydrogen) atoms. The molecule has 1 heteroatoms. The maximum Gasteiger partial charge on any atom is 0.141 e. The van der Waals surface area contributed by atoms with Crippen LogP contribution in [0.4, 0.5) is 0 Å². The number of carbonyl (C=O) groups excluding carboxylic acids is 1. The van der Waals surface area contributed by atoms with Gasteiger partial charge in [-0.15, -0.1) is 0 Å². The summed E-state index contributed by atoms with van der Waals surface area (Å²) < 4.78 is 0. The van der Waals surface area contributed by atoms with Crippen molar-refractivity contribution < 1.29 is 4.79 Å². The third-order valence-electron chi connectivity index (χ3n) is 3.47. The van der Waals surface area contributed by atoms with Gasteiger partial charge in [0.2, 0.25) is 0 Å². The average molecular weight is 196 g/mol. The summed E-state index contributed by atoms with van der Waals surface area (Å²) in [6.07, 6.45) is 2.22. The molecule has 0 aromatic rings. The Morgan fingerprint density at radius 3 is 1.71 bits per heavy atom. The summed E-state index contributed by atoms with van der Waals surface area (Å²) in [6, 6.07) is 0. The molecule has 0 amide bonds. The van der Waals surface area contributed by atoms with Crippen molar-refractivity contribution in [2.75, 3.05) is 0 Å². The zero-order chi connectivity index (χ0) is 11.1. The van der Waals surface area contributed by atoms with Crippen LogP contribution >= 0.6 is 0 Å². The average Bonchev–Trinajstić information content (AvgIpc) is 1.77. The van der Waals surface area contributed by atoms with Crippen LogP contribution in [0.25, 0.3) is 0 Å². The third-order valence-corrected chi connectivity index (χ3v) is 3.47. The van der Waals surface area contributed by atoms with E-state index >= 15 is 0 Å². The van der Waals surface area contributed by atoms with Gasteiger partial charge in [-0.25, -0.2) is 0 Å². The molecule has 0 N–H and O–H groups in total.